The van der Waals surface area contributed by atoms with E-state index in [0.29, 0.717) is 25.1 Å². The number of aryl methyl sites for hydroxylation is 1. The maximum Gasteiger partial charge on any atom is 0.227 e. The first-order valence-electron chi connectivity index (χ1n) is 8.67. The average molecular weight is 368 g/mol. The van der Waals surface area contributed by atoms with Crippen molar-refractivity contribution in [3.63, 3.8) is 0 Å². The third-order valence-corrected chi connectivity index (χ3v) is 5.57. The van der Waals surface area contributed by atoms with Crippen molar-refractivity contribution in [2.45, 2.75) is 38.0 Å². The van der Waals surface area contributed by atoms with Gasteiger partial charge in [0.15, 0.2) is 5.76 Å². The molecule has 0 bridgehead atoms. The number of nitrogens with one attached hydrogen (secondary N) is 1. The normalized spacial score (nSPS) is 16.8. The Labute approximate surface area is 153 Å². The molecule has 0 atom stereocenters. The topological polar surface area (TPSA) is 82.8 Å². The standard InChI is InChI=1S/C18H28N2O4S/c1-13-11-14(21)16(23)17(24-13)18(5-9-25-10-6-18)12-15(22)19-7-4-8-20(2)3/h11,23H,4-10,12H2,1-3H3,(H,19,22). The van der Waals surface area contributed by atoms with E-state index >= 15 is 0 Å². The van der Waals surface area contributed by atoms with E-state index < -0.39 is 10.8 Å². The van der Waals surface area contributed by atoms with Crippen LogP contribution >= 0.6 is 11.8 Å². The summed E-state index contributed by atoms with van der Waals surface area (Å²) < 4.78 is 5.74. The van der Waals surface area contributed by atoms with Gasteiger partial charge in [0.25, 0.3) is 0 Å². The SMILES string of the molecule is Cc1cc(=O)c(O)c(C2(CC(=O)NCCCN(C)C)CCSCC2)o1. The van der Waals surface area contributed by atoms with Crippen LogP contribution in [0.3, 0.4) is 0 Å². The summed E-state index contributed by atoms with van der Waals surface area (Å²) >= 11 is 1.82. The molecule has 1 aromatic rings. The fourth-order valence-corrected chi connectivity index (χ4v) is 4.48. The first kappa shape index (κ1) is 19.8. The third-order valence-electron chi connectivity index (χ3n) is 4.58. The Morgan fingerprint density at radius 3 is 2.72 bits per heavy atom. The minimum absolute atomic E-state index is 0.0609. The van der Waals surface area contributed by atoms with E-state index in [0.717, 1.165) is 24.5 Å². The molecule has 1 aromatic heterocycles. The lowest BCUT2D eigenvalue weighted by Crippen LogP contribution is -2.39. The highest BCUT2D eigenvalue weighted by Gasteiger charge is 2.41. The van der Waals surface area contributed by atoms with Gasteiger partial charge in [0.2, 0.25) is 17.1 Å². The van der Waals surface area contributed by atoms with Crippen LogP contribution in [-0.4, -0.2) is 54.6 Å². The lowest BCUT2D eigenvalue weighted by molar-refractivity contribution is -0.122. The van der Waals surface area contributed by atoms with E-state index in [4.69, 9.17) is 4.42 Å². The minimum atomic E-state index is -0.605. The van der Waals surface area contributed by atoms with Gasteiger partial charge < -0.3 is 19.7 Å². The van der Waals surface area contributed by atoms with Gasteiger partial charge in [-0.05, 0) is 58.3 Å². The molecule has 140 valence electrons. The van der Waals surface area contributed by atoms with Crippen LogP contribution in [0, 0.1) is 6.92 Å². The predicted molar refractivity (Wildman–Crippen MR) is 100 cm³/mol. The number of carbonyl (C=O) groups is 1. The van der Waals surface area contributed by atoms with Crippen LogP contribution in [0.5, 0.6) is 5.75 Å². The second-order valence-corrected chi connectivity index (χ2v) is 8.20. The van der Waals surface area contributed by atoms with Crippen molar-refractivity contribution in [2.75, 3.05) is 38.7 Å². The van der Waals surface area contributed by atoms with E-state index in [2.05, 4.69) is 10.2 Å². The van der Waals surface area contributed by atoms with Gasteiger partial charge in [-0.3, -0.25) is 9.59 Å². The van der Waals surface area contributed by atoms with E-state index in [1.807, 2.05) is 25.9 Å². The van der Waals surface area contributed by atoms with Crippen LogP contribution < -0.4 is 10.7 Å². The van der Waals surface area contributed by atoms with Gasteiger partial charge in [-0.15, -0.1) is 0 Å². The molecule has 1 saturated heterocycles. The predicted octanol–water partition coefficient (Wildman–Crippen LogP) is 1.88. The molecule has 0 spiro atoms. The highest BCUT2D eigenvalue weighted by atomic mass is 32.2. The number of rotatable bonds is 7. The molecular weight excluding hydrogens is 340 g/mol. The average Bonchev–Trinajstić information content (AvgIpc) is 2.55. The molecule has 25 heavy (non-hydrogen) atoms. The van der Waals surface area contributed by atoms with Crippen LogP contribution in [0.15, 0.2) is 15.3 Å². The molecule has 0 saturated carbocycles. The van der Waals surface area contributed by atoms with Crippen LogP contribution in [0.1, 0.15) is 37.2 Å². The van der Waals surface area contributed by atoms with Crippen molar-refractivity contribution in [1.82, 2.24) is 10.2 Å². The number of carbonyl (C=O) groups excluding carboxylic acids is 1. The van der Waals surface area contributed by atoms with Gasteiger partial charge in [-0.2, -0.15) is 11.8 Å². The van der Waals surface area contributed by atoms with Crippen molar-refractivity contribution >= 4 is 17.7 Å². The summed E-state index contributed by atoms with van der Waals surface area (Å²) in [6.45, 7) is 3.22. The molecule has 0 unspecified atom stereocenters. The lowest BCUT2D eigenvalue weighted by Gasteiger charge is -2.35. The lowest BCUT2D eigenvalue weighted by atomic mass is 9.75. The second kappa shape index (κ2) is 8.76. The summed E-state index contributed by atoms with van der Waals surface area (Å²) in [5.41, 5.74) is -1.05. The molecule has 1 amide bonds. The summed E-state index contributed by atoms with van der Waals surface area (Å²) in [4.78, 5) is 26.5. The molecule has 6 nitrogen and oxygen atoms in total. The molecule has 2 N–H and O–H groups in total. The van der Waals surface area contributed by atoms with Gasteiger partial charge in [0.05, 0.1) is 0 Å². The van der Waals surface area contributed by atoms with Crippen LogP contribution in [0.25, 0.3) is 0 Å². The van der Waals surface area contributed by atoms with Gasteiger partial charge in [0.1, 0.15) is 5.76 Å². The van der Waals surface area contributed by atoms with Crippen LogP contribution in [0.2, 0.25) is 0 Å². The number of thioether (sulfide) groups is 1. The Kier molecular flexibility index (Phi) is 6.95. The Morgan fingerprint density at radius 1 is 1.40 bits per heavy atom. The van der Waals surface area contributed by atoms with Gasteiger partial charge >= 0.3 is 0 Å². The minimum Gasteiger partial charge on any atom is -0.502 e. The second-order valence-electron chi connectivity index (χ2n) is 6.98. The van der Waals surface area contributed by atoms with E-state index in [9.17, 15) is 14.7 Å². The van der Waals surface area contributed by atoms with Crippen molar-refractivity contribution < 1.29 is 14.3 Å². The van der Waals surface area contributed by atoms with E-state index in [1.54, 1.807) is 6.92 Å². The monoisotopic (exact) mass is 368 g/mol. The highest BCUT2D eigenvalue weighted by Crippen LogP contribution is 2.43. The summed E-state index contributed by atoms with van der Waals surface area (Å²) in [6.07, 6.45) is 2.54. The largest absolute Gasteiger partial charge is 0.502 e. The van der Waals surface area contributed by atoms with Crippen molar-refractivity contribution in [3.8, 4) is 5.75 Å². The fourth-order valence-electron chi connectivity index (χ4n) is 3.20. The summed E-state index contributed by atoms with van der Waals surface area (Å²) in [5, 5.41) is 13.2. The zero-order chi connectivity index (χ0) is 18.4. The molecule has 0 aromatic carbocycles. The molecule has 1 aliphatic heterocycles. The Bertz CT molecular complexity index is 651. The highest BCUT2D eigenvalue weighted by molar-refractivity contribution is 7.99. The molecule has 2 rings (SSSR count). The van der Waals surface area contributed by atoms with Crippen LogP contribution in [0.4, 0.5) is 0 Å². The maximum absolute atomic E-state index is 12.5. The van der Waals surface area contributed by atoms with E-state index in [-0.39, 0.29) is 23.8 Å². The van der Waals surface area contributed by atoms with Gasteiger partial charge in [-0.1, -0.05) is 0 Å². The van der Waals surface area contributed by atoms with E-state index in [1.165, 1.54) is 6.07 Å². The number of hydrogen-bond donors (Lipinski definition) is 2. The first-order chi connectivity index (χ1) is 11.8. The Morgan fingerprint density at radius 2 is 2.08 bits per heavy atom. The summed E-state index contributed by atoms with van der Waals surface area (Å²) in [6, 6.07) is 1.28. The first-order valence-corrected chi connectivity index (χ1v) is 9.83. The molecule has 2 heterocycles. The molecule has 7 heteroatoms. The number of amides is 1. The molecule has 1 aliphatic rings. The van der Waals surface area contributed by atoms with Gasteiger partial charge in [0, 0.05) is 24.4 Å². The van der Waals surface area contributed by atoms with Crippen molar-refractivity contribution in [1.29, 1.82) is 0 Å². The number of nitrogens with zero attached hydrogens (tertiary/aromatic N) is 1. The maximum atomic E-state index is 12.5. The number of aromatic hydroxyl groups is 1. The Hall–Kier alpha value is -1.47. The molecule has 0 radical (unpaired) electrons. The number of hydrogen-bond acceptors (Lipinski definition) is 6. The molecule has 1 fully saturated rings. The fraction of sp³-hybridized carbons (Fsp3) is 0.667. The summed E-state index contributed by atoms with van der Waals surface area (Å²) in [7, 11) is 4.00. The summed E-state index contributed by atoms with van der Waals surface area (Å²) in [5.74, 6) is 2.09. The van der Waals surface area contributed by atoms with Crippen molar-refractivity contribution in [2.24, 2.45) is 0 Å². The molecular formula is C18H28N2O4S. The van der Waals surface area contributed by atoms with Crippen molar-refractivity contribution in [3.05, 3.63) is 27.8 Å². The zero-order valence-corrected chi connectivity index (χ0v) is 16.1. The van der Waals surface area contributed by atoms with Crippen LogP contribution in [-0.2, 0) is 10.2 Å². The molecule has 0 aliphatic carbocycles. The smallest absolute Gasteiger partial charge is 0.227 e. The third kappa shape index (κ3) is 5.25. The quantitative estimate of drug-likeness (QED) is 0.715. The van der Waals surface area contributed by atoms with Gasteiger partial charge in [-0.25, -0.2) is 0 Å². The Balaban J connectivity index is 2.16. The zero-order valence-electron chi connectivity index (χ0n) is 15.3.